The Kier molecular flexibility index (Phi) is 4.03. The third-order valence-electron chi connectivity index (χ3n) is 2.32. The lowest BCUT2D eigenvalue weighted by Gasteiger charge is -2.15. The maximum Gasteiger partial charge on any atom is 0.191 e. The largest absolute Gasteiger partial charge is 0.383 e. The van der Waals surface area contributed by atoms with Crippen molar-refractivity contribution in [3.05, 3.63) is 24.5 Å². The molecule has 1 atom stereocenters. The molecule has 2 heterocycles. The Morgan fingerprint density at radius 3 is 3.00 bits per heavy atom. The van der Waals surface area contributed by atoms with Crippen LogP contribution in [0.25, 0.3) is 0 Å². The number of hydrogen-bond acceptors (Lipinski definition) is 6. The van der Waals surface area contributed by atoms with Gasteiger partial charge in [0.05, 0.1) is 6.54 Å². The summed E-state index contributed by atoms with van der Waals surface area (Å²) in [5, 5.41) is 8.12. The molecule has 2 aromatic rings. The fourth-order valence-electron chi connectivity index (χ4n) is 1.60. The number of thioether (sulfide) groups is 1. The quantitative estimate of drug-likeness (QED) is 0.629. The molecule has 96 valence electrons. The minimum absolute atomic E-state index is 0.203. The Morgan fingerprint density at radius 2 is 2.33 bits per heavy atom. The van der Waals surface area contributed by atoms with Gasteiger partial charge in [-0.05, 0) is 19.2 Å². The highest BCUT2D eigenvalue weighted by atomic mass is 32.2. The Labute approximate surface area is 110 Å². The molecule has 0 spiro atoms. The van der Waals surface area contributed by atoms with Crippen LogP contribution in [0.2, 0.25) is 0 Å². The van der Waals surface area contributed by atoms with Crippen molar-refractivity contribution in [1.82, 2.24) is 19.7 Å². The molecule has 0 radical (unpaired) electrons. The number of nitrogens with two attached hydrogens (primary N) is 1. The summed E-state index contributed by atoms with van der Waals surface area (Å²) in [5.41, 5.74) is 5.72. The zero-order valence-corrected chi connectivity index (χ0v) is 11.2. The molecule has 0 saturated carbocycles. The summed E-state index contributed by atoms with van der Waals surface area (Å²) in [7, 11) is 0. The molecule has 0 bridgehead atoms. The predicted molar refractivity (Wildman–Crippen MR) is 73.5 cm³/mol. The maximum absolute atomic E-state index is 5.72. The normalized spacial score (nSPS) is 12.3. The van der Waals surface area contributed by atoms with Crippen LogP contribution in [0.1, 0.15) is 6.92 Å². The Bertz CT molecular complexity index is 498. The highest BCUT2D eigenvalue weighted by Gasteiger charge is 2.06. The van der Waals surface area contributed by atoms with Crippen molar-refractivity contribution in [3.8, 4) is 0 Å². The van der Waals surface area contributed by atoms with Gasteiger partial charge < -0.3 is 11.1 Å². The van der Waals surface area contributed by atoms with Gasteiger partial charge in [0.1, 0.15) is 11.6 Å². The first kappa shape index (κ1) is 12.7. The summed E-state index contributed by atoms with van der Waals surface area (Å²) in [5.74, 6) is 1.22. The van der Waals surface area contributed by atoms with Crippen molar-refractivity contribution in [2.75, 3.05) is 17.3 Å². The van der Waals surface area contributed by atoms with Crippen molar-refractivity contribution in [3.63, 3.8) is 0 Å². The fraction of sp³-hybridized carbons (Fsp3) is 0.364. The van der Waals surface area contributed by atoms with Crippen molar-refractivity contribution in [2.24, 2.45) is 0 Å². The molecule has 0 aliphatic carbocycles. The predicted octanol–water partition coefficient (Wildman–Crippen LogP) is 1.48. The summed E-state index contributed by atoms with van der Waals surface area (Å²) in [6, 6.07) is 3.84. The average molecular weight is 264 g/mol. The number of nitrogens with zero attached hydrogens (tertiary/aromatic N) is 4. The van der Waals surface area contributed by atoms with Crippen molar-refractivity contribution < 1.29 is 0 Å². The number of nitrogen functional groups attached to an aromatic ring is 1. The first-order chi connectivity index (χ1) is 8.67. The van der Waals surface area contributed by atoms with Gasteiger partial charge in [0, 0.05) is 24.5 Å². The number of hydrogen-bond donors (Lipinski definition) is 2. The van der Waals surface area contributed by atoms with E-state index in [9.17, 15) is 0 Å². The molecule has 0 fully saturated rings. The van der Waals surface area contributed by atoms with Gasteiger partial charge in [-0.3, -0.25) is 4.68 Å². The van der Waals surface area contributed by atoms with Gasteiger partial charge in [-0.2, -0.15) is 5.10 Å². The van der Waals surface area contributed by atoms with E-state index in [-0.39, 0.29) is 6.04 Å². The molecule has 18 heavy (non-hydrogen) atoms. The first-order valence-electron chi connectivity index (χ1n) is 5.60. The van der Waals surface area contributed by atoms with E-state index < -0.39 is 0 Å². The van der Waals surface area contributed by atoms with Crippen LogP contribution in [0, 0.1) is 0 Å². The lowest BCUT2D eigenvalue weighted by molar-refractivity contribution is 0.559. The second-order valence-electron chi connectivity index (χ2n) is 3.94. The van der Waals surface area contributed by atoms with Gasteiger partial charge in [0.2, 0.25) is 0 Å². The second kappa shape index (κ2) is 5.72. The summed E-state index contributed by atoms with van der Waals surface area (Å²) >= 11 is 1.47. The summed E-state index contributed by atoms with van der Waals surface area (Å²) in [6.07, 6.45) is 5.62. The van der Waals surface area contributed by atoms with Crippen LogP contribution in [0.3, 0.4) is 0 Å². The molecular formula is C11H16N6S. The molecule has 2 rings (SSSR count). The first-order valence-corrected chi connectivity index (χ1v) is 6.82. The highest BCUT2D eigenvalue weighted by molar-refractivity contribution is 7.98. The van der Waals surface area contributed by atoms with Crippen LogP contribution in [0.4, 0.5) is 11.6 Å². The van der Waals surface area contributed by atoms with E-state index in [0.29, 0.717) is 11.0 Å². The summed E-state index contributed by atoms with van der Waals surface area (Å²) in [4.78, 5) is 8.46. The Balaban J connectivity index is 2.02. The minimum atomic E-state index is 0.203. The molecule has 0 aliphatic heterocycles. The van der Waals surface area contributed by atoms with E-state index in [1.54, 1.807) is 12.3 Å². The van der Waals surface area contributed by atoms with Crippen LogP contribution in [0.5, 0.6) is 0 Å². The smallest absolute Gasteiger partial charge is 0.191 e. The molecule has 2 aromatic heterocycles. The molecular weight excluding hydrogens is 248 g/mol. The standard InChI is InChI=1S/C11H16N6S/c1-8(7-17-5-3-4-13-17)14-10-6-9(12)15-11(16-10)18-2/h3-6,8H,7H2,1-2H3,(H3,12,14,15,16). The third-order valence-corrected chi connectivity index (χ3v) is 2.87. The number of anilines is 2. The van der Waals surface area contributed by atoms with Gasteiger partial charge in [0.25, 0.3) is 0 Å². The summed E-state index contributed by atoms with van der Waals surface area (Å²) < 4.78 is 1.87. The molecule has 0 saturated heterocycles. The number of nitrogens with one attached hydrogen (secondary N) is 1. The maximum atomic E-state index is 5.72. The third kappa shape index (κ3) is 3.36. The molecule has 1 unspecified atom stereocenters. The van der Waals surface area contributed by atoms with Crippen molar-refractivity contribution in [1.29, 1.82) is 0 Å². The lowest BCUT2D eigenvalue weighted by atomic mass is 10.3. The second-order valence-corrected chi connectivity index (χ2v) is 4.71. The Morgan fingerprint density at radius 1 is 1.50 bits per heavy atom. The average Bonchev–Trinajstić information content (AvgIpc) is 2.80. The van der Waals surface area contributed by atoms with E-state index in [1.165, 1.54) is 11.8 Å². The zero-order chi connectivity index (χ0) is 13.0. The van der Waals surface area contributed by atoms with Crippen LogP contribution >= 0.6 is 11.8 Å². The molecule has 0 amide bonds. The Hall–Kier alpha value is -1.76. The van der Waals surface area contributed by atoms with Gasteiger partial charge in [-0.25, -0.2) is 9.97 Å². The number of rotatable bonds is 5. The van der Waals surface area contributed by atoms with E-state index in [2.05, 4.69) is 27.3 Å². The van der Waals surface area contributed by atoms with E-state index >= 15 is 0 Å². The molecule has 0 aliphatic rings. The lowest BCUT2D eigenvalue weighted by Crippen LogP contribution is -2.23. The van der Waals surface area contributed by atoms with Gasteiger partial charge in [0.15, 0.2) is 5.16 Å². The van der Waals surface area contributed by atoms with Crippen LogP contribution in [-0.2, 0) is 6.54 Å². The van der Waals surface area contributed by atoms with Gasteiger partial charge in [-0.1, -0.05) is 11.8 Å². The van der Waals surface area contributed by atoms with Crippen molar-refractivity contribution >= 4 is 23.4 Å². The SMILES string of the molecule is CSc1nc(N)cc(NC(C)Cn2cccn2)n1. The zero-order valence-electron chi connectivity index (χ0n) is 10.4. The van der Waals surface area contributed by atoms with E-state index in [1.807, 2.05) is 23.2 Å². The molecule has 6 nitrogen and oxygen atoms in total. The van der Waals surface area contributed by atoms with Crippen LogP contribution < -0.4 is 11.1 Å². The van der Waals surface area contributed by atoms with Gasteiger partial charge >= 0.3 is 0 Å². The van der Waals surface area contributed by atoms with Crippen LogP contribution in [0.15, 0.2) is 29.7 Å². The highest BCUT2D eigenvalue weighted by Crippen LogP contribution is 2.15. The topological polar surface area (TPSA) is 81.6 Å². The molecule has 3 N–H and O–H groups in total. The molecule has 0 aromatic carbocycles. The number of aromatic nitrogens is 4. The van der Waals surface area contributed by atoms with Gasteiger partial charge in [-0.15, -0.1) is 0 Å². The van der Waals surface area contributed by atoms with E-state index in [4.69, 9.17) is 5.73 Å². The van der Waals surface area contributed by atoms with Crippen molar-refractivity contribution in [2.45, 2.75) is 24.7 Å². The van der Waals surface area contributed by atoms with Crippen LogP contribution in [-0.4, -0.2) is 32.0 Å². The fourth-order valence-corrected chi connectivity index (χ4v) is 1.98. The monoisotopic (exact) mass is 264 g/mol. The minimum Gasteiger partial charge on any atom is -0.383 e. The molecule has 7 heteroatoms. The summed E-state index contributed by atoms with van der Waals surface area (Å²) in [6.45, 7) is 2.84. The van der Waals surface area contributed by atoms with E-state index in [0.717, 1.165) is 12.4 Å².